The Labute approximate surface area is 105 Å². The minimum Gasteiger partial charge on any atom is -0.398 e. The molecule has 0 unspecified atom stereocenters. The molecule has 3 N–H and O–H groups in total. The second-order valence-corrected chi connectivity index (χ2v) is 4.03. The van der Waals surface area contributed by atoms with Gasteiger partial charge in [-0.3, -0.25) is 0 Å². The van der Waals surface area contributed by atoms with Crippen LogP contribution in [0.5, 0.6) is 0 Å². The molecule has 18 heavy (non-hydrogen) atoms. The fraction of sp³-hybridized carbons (Fsp3) is 0.231. The number of benzene rings is 1. The van der Waals surface area contributed by atoms with Crippen molar-refractivity contribution < 1.29 is 4.52 Å². The molecule has 5 heteroatoms. The first-order valence-corrected chi connectivity index (χ1v) is 5.60. The average Bonchev–Trinajstić information content (AvgIpc) is 2.76. The zero-order chi connectivity index (χ0) is 13.0. The third-order valence-corrected chi connectivity index (χ3v) is 2.56. The Balaban J connectivity index is 2.05. The molecule has 1 aromatic carbocycles. The fourth-order valence-corrected chi connectivity index (χ4v) is 1.65. The summed E-state index contributed by atoms with van der Waals surface area (Å²) >= 11 is 0. The second kappa shape index (κ2) is 5.23. The Morgan fingerprint density at radius 3 is 2.94 bits per heavy atom. The topological polar surface area (TPSA) is 87.9 Å². The van der Waals surface area contributed by atoms with E-state index in [4.69, 9.17) is 15.5 Å². The first-order valence-electron chi connectivity index (χ1n) is 5.60. The summed E-state index contributed by atoms with van der Waals surface area (Å²) in [5, 5.41) is 15.8. The monoisotopic (exact) mass is 242 g/mol. The van der Waals surface area contributed by atoms with Gasteiger partial charge in [0.05, 0.1) is 19.0 Å². The van der Waals surface area contributed by atoms with E-state index in [0.717, 1.165) is 22.7 Å². The predicted octanol–water partition coefficient (Wildman–Crippen LogP) is 2.24. The van der Waals surface area contributed by atoms with Gasteiger partial charge in [0.2, 0.25) is 0 Å². The first kappa shape index (κ1) is 12.0. The molecule has 0 fully saturated rings. The number of rotatable bonds is 4. The van der Waals surface area contributed by atoms with Gasteiger partial charge in [0.1, 0.15) is 11.5 Å². The molecule has 0 aliphatic heterocycles. The van der Waals surface area contributed by atoms with Crippen LogP contribution in [0.15, 0.2) is 28.8 Å². The zero-order valence-corrected chi connectivity index (χ0v) is 10.1. The van der Waals surface area contributed by atoms with Crippen LogP contribution in [-0.2, 0) is 13.0 Å². The van der Waals surface area contributed by atoms with Crippen LogP contribution in [0.3, 0.4) is 0 Å². The van der Waals surface area contributed by atoms with E-state index in [0.29, 0.717) is 18.7 Å². The first-order chi connectivity index (χ1) is 8.69. The minimum absolute atomic E-state index is 0.310. The van der Waals surface area contributed by atoms with Crippen LogP contribution in [0.1, 0.15) is 17.0 Å². The van der Waals surface area contributed by atoms with Crippen LogP contribution < -0.4 is 11.1 Å². The molecule has 1 aromatic heterocycles. The van der Waals surface area contributed by atoms with Gasteiger partial charge in [-0.25, -0.2) is 0 Å². The molecule has 0 aliphatic rings. The molecular weight excluding hydrogens is 228 g/mol. The summed E-state index contributed by atoms with van der Waals surface area (Å²) in [5.74, 6) is 0.786. The van der Waals surface area contributed by atoms with Crippen molar-refractivity contribution in [3.63, 3.8) is 0 Å². The molecule has 0 radical (unpaired) electrons. The Kier molecular flexibility index (Phi) is 3.49. The van der Waals surface area contributed by atoms with E-state index in [1.807, 2.05) is 25.1 Å². The molecular formula is C13H14N4O. The summed E-state index contributed by atoms with van der Waals surface area (Å²) in [6, 6.07) is 9.52. The Hall–Kier alpha value is -2.48. The highest BCUT2D eigenvalue weighted by atomic mass is 16.5. The number of hydrogen-bond acceptors (Lipinski definition) is 5. The van der Waals surface area contributed by atoms with Crippen molar-refractivity contribution in [3.8, 4) is 6.07 Å². The SMILES string of the molecule is Cc1cc(CNc2ccc(N)c(CC#N)c2)no1. The summed E-state index contributed by atoms with van der Waals surface area (Å²) < 4.78 is 4.98. The molecule has 0 saturated heterocycles. The lowest BCUT2D eigenvalue weighted by atomic mass is 10.1. The minimum atomic E-state index is 0.310. The lowest BCUT2D eigenvalue weighted by Gasteiger charge is -2.07. The van der Waals surface area contributed by atoms with Crippen molar-refractivity contribution >= 4 is 11.4 Å². The molecule has 0 spiro atoms. The summed E-state index contributed by atoms with van der Waals surface area (Å²) in [6.07, 6.45) is 0.310. The maximum Gasteiger partial charge on any atom is 0.133 e. The summed E-state index contributed by atoms with van der Waals surface area (Å²) in [4.78, 5) is 0. The Morgan fingerprint density at radius 2 is 2.28 bits per heavy atom. The number of nitrogens with zero attached hydrogens (tertiary/aromatic N) is 2. The lowest BCUT2D eigenvalue weighted by molar-refractivity contribution is 0.391. The highest BCUT2D eigenvalue weighted by molar-refractivity contribution is 5.58. The van der Waals surface area contributed by atoms with Gasteiger partial charge >= 0.3 is 0 Å². The van der Waals surface area contributed by atoms with E-state index < -0.39 is 0 Å². The molecule has 2 aromatic rings. The Bertz CT molecular complexity index is 583. The van der Waals surface area contributed by atoms with Crippen LogP contribution in [0.25, 0.3) is 0 Å². The molecule has 92 valence electrons. The van der Waals surface area contributed by atoms with Gasteiger partial charge in [-0.15, -0.1) is 0 Å². The van der Waals surface area contributed by atoms with E-state index >= 15 is 0 Å². The van der Waals surface area contributed by atoms with Gasteiger partial charge in [-0.1, -0.05) is 5.16 Å². The van der Waals surface area contributed by atoms with Crippen molar-refractivity contribution in [2.24, 2.45) is 0 Å². The van der Waals surface area contributed by atoms with E-state index in [9.17, 15) is 0 Å². The molecule has 1 heterocycles. The van der Waals surface area contributed by atoms with Crippen LogP contribution in [-0.4, -0.2) is 5.16 Å². The Morgan fingerprint density at radius 1 is 1.44 bits per heavy atom. The van der Waals surface area contributed by atoms with E-state index in [2.05, 4.69) is 16.5 Å². The third-order valence-electron chi connectivity index (χ3n) is 2.56. The highest BCUT2D eigenvalue weighted by Gasteiger charge is 2.03. The normalized spacial score (nSPS) is 10.0. The van der Waals surface area contributed by atoms with Crippen molar-refractivity contribution in [3.05, 3.63) is 41.3 Å². The highest BCUT2D eigenvalue weighted by Crippen LogP contribution is 2.18. The number of nitrogen functional groups attached to an aromatic ring is 1. The van der Waals surface area contributed by atoms with Crippen LogP contribution >= 0.6 is 0 Å². The number of aromatic nitrogens is 1. The maximum atomic E-state index is 8.70. The van der Waals surface area contributed by atoms with Gasteiger partial charge in [0, 0.05) is 17.4 Å². The van der Waals surface area contributed by atoms with Crippen molar-refractivity contribution in [2.45, 2.75) is 19.9 Å². The van der Waals surface area contributed by atoms with Gasteiger partial charge < -0.3 is 15.6 Å². The van der Waals surface area contributed by atoms with Crippen molar-refractivity contribution in [1.29, 1.82) is 5.26 Å². The average molecular weight is 242 g/mol. The largest absolute Gasteiger partial charge is 0.398 e. The van der Waals surface area contributed by atoms with E-state index in [1.165, 1.54) is 0 Å². The zero-order valence-electron chi connectivity index (χ0n) is 10.1. The number of aryl methyl sites for hydroxylation is 1. The summed E-state index contributed by atoms with van der Waals surface area (Å²) in [5.41, 5.74) is 9.00. The van der Waals surface area contributed by atoms with Gasteiger partial charge in [0.15, 0.2) is 0 Å². The lowest BCUT2D eigenvalue weighted by Crippen LogP contribution is -2.01. The number of hydrogen-bond donors (Lipinski definition) is 2. The van der Waals surface area contributed by atoms with E-state index in [1.54, 1.807) is 6.07 Å². The van der Waals surface area contributed by atoms with Gasteiger partial charge in [0.25, 0.3) is 0 Å². The molecule has 0 bridgehead atoms. The summed E-state index contributed by atoms with van der Waals surface area (Å²) in [7, 11) is 0. The second-order valence-electron chi connectivity index (χ2n) is 4.03. The molecule has 0 amide bonds. The third kappa shape index (κ3) is 2.80. The van der Waals surface area contributed by atoms with E-state index in [-0.39, 0.29) is 0 Å². The molecule has 0 aliphatic carbocycles. The summed E-state index contributed by atoms with van der Waals surface area (Å²) in [6.45, 7) is 2.43. The maximum absolute atomic E-state index is 8.70. The molecule has 5 nitrogen and oxygen atoms in total. The standard InChI is InChI=1S/C13H14N4O/c1-9-6-12(17-18-9)8-16-11-2-3-13(15)10(7-11)4-5-14/h2-3,6-7,16H,4,8,15H2,1H3. The number of anilines is 2. The number of nitrogens with one attached hydrogen (secondary N) is 1. The molecule has 2 rings (SSSR count). The van der Waals surface area contributed by atoms with Gasteiger partial charge in [-0.2, -0.15) is 5.26 Å². The van der Waals surface area contributed by atoms with Crippen LogP contribution in [0.2, 0.25) is 0 Å². The van der Waals surface area contributed by atoms with Crippen LogP contribution in [0, 0.1) is 18.3 Å². The smallest absolute Gasteiger partial charge is 0.133 e. The van der Waals surface area contributed by atoms with Gasteiger partial charge in [-0.05, 0) is 30.7 Å². The predicted molar refractivity (Wildman–Crippen MR) is 68.7 cm³/mol. The molecule has 0 saturated carbocycles. The fourth-order valence-electron chi connectivity index (χ4n) is 1.65. The van der Waals surface area contributed by atoms with Crippen molar-refractivity contribution in [1.82, 2.24) is 5.16 Å². The number of nitriles is 1. The number of nitrogens with two attached hydrogens (primary N) is 1. The van der Waals surface area contributed by atoms with Crippen molar-refractivity contribution in [2.75, 3.05) is 11.1 Å². The quantitative estimate of drug-likeness (QED) is 0.803. The van der Waals surface area contributed by atoms with Crippen LogP contribution in [0.4, 0.5) is 11.4 Å². The molecule has 0 atom stereocenters.